The highest BCUT2D eigenvalue weighted by Gasteiger charge is 2.17. The first-order valence-corrected chi connectivity index (χ1v) is 6.90. The minimum atomic E-state index is 0.0697. The second-order valence-corrected chi connectivity index (χ2v) is 5.01. The number of nitrogens with one attached hydrogen (secondary N) is 1. The number of H-pyrrole nitrogens is 1. The standard InChI is InChI=1S/C17H14N2S/c20-15-11-12-18-17(19-15)16(13-7-3-1-4-8-13)14-9-5-2-6-10-14/h1-12,16H,(H,18,19,20). The fourth-order valence-corrected chi connectivity index (χ4v) is 2.50. The van der Waals surface area contributed by atoms with E-state index in [9.17, 15) is 0 Å². The molecule has 1 N–H and O–H groups in total. The maximum absolute atomic E-state index is 5.22. The van der Waals surface area contributed by atoms with Gasteiger partial charge in [0.15, 0.2) is 0 Å². The van der Waals surface area contributed by atoms with Crippen LogP contribution in [-0.2, 0) is 0 Å². The van der Waals surface area contributed by atoms with Crippen LogP contribution in [0.25, 0.3) is 0 Å². The molecule has 0 aliphatic rings. The molecule has 98 valence electrons. The molecule has 0 unspecified atom stereocenters. The fourth-order valence-electron chi connectivity index (χ4n) is 2.33. The van der Waals surface area contributed by atoms with E-state index in [0.29, 0.717) is 4.64 Å². The van der Waals surface area contributed by atoms with Gasteiger partial charge in [-0.3, -0.25) is 0 Å². The van der Waals surface area contributed by atoms with Crippen molar-refractivity contribution >= 4 is 12.2 Å². The monoisotopic (exact) mass is 278 g/mol. The van der Waals surface area contributed by atoms with Gasteiger partial charge in [-0.2, -0.15) is 0 Å². The predicted molar refractivity (Wildman–Crippen MR) is 83.3 cm³/mol. The van der Waals surface area contributed by atoms with E-state index in [1.54, 1.807) is 12.3 Å². The van der Waals surface area contributed by atoms with Gasteiger partial charge in [0.1, 0.15) is 10.5 Å². The molecule has 3 heteroatoms. The molecular formula is C17H14N2S. The SMILES string of the molecule is S=c1ccnc(C(c2ccccc2)c2ccccc2)[nH]1. The summed E-state index contributed by atoms with van der Waals surface area (Å²) in [6, 6.07) is 22.5. The topological polar surface area (TPSA) is 28.7 Å². The quantitative estimate of drug-likeness (QED) is 0.723. The van der Waals surface area contributed by atoms with Crippen molar-refractivity contribution in [2.24, 2.45) is 0 Å². The zero-order valence-corrected chi connectivity index (χ0v) is 11.7. The summed E-state index contributed by atoms with van der Waals surface area (Å²) in [4.78, 5) is 7.68. The van der Waals surface area contributed by atoms with Crippen molar-refractivity contribution < 1.29 is 0 Å². The van der Waals surface area contributed by atoms with Gasteiger partial charge in [-0.15, -0.1) is 0 Å². The van der Waals surface area contributed by atoms with Gasteiger partial charge < -0.3 is 4.98 Å². The van der Waals surface area contributed by atoms with Crippen LogP contribution in [0.2, 0.25) is 0 Å². The normalized spacial score (nSPS) is 10.7. The van der Waals surface area contributed by atoms with Crippen molar-refractivity contribution in [3.8, 4) is 0 Å². The summed E-state index contributed by atoms with van der Waals surface area (Å²) in [5.74, 6) is 0.940. The summed E-state index contributed by atoms with van der Waals surface area (Å²) in [6.07, 6.45) is 1.76. The Balaban J connectivity index is 2.16. The zero-order chi connectivity index (χ0) is 13.8. The van der Waals surface area contributed by atoms with Gasteiger partial charge in [0, 0.05) is 6.20 Å². The van der Waals surface area contributed by atoms with Crippen molar-refractivity contribution in [3.05, 3.63) is 94.5 Å². The van der Waals surface area contributed by atoms with E-state index in [1.807, 2.05) is 36.4 Å². The lowest BCUT2D eigenvalue weighted by Gasteiger charge is -2.17. The minimum Gasteiger partial charge on any atom is -0.334 e. The van der Waals surface area contributed by atoms with Gasteiger partial charge in [-0.1, -0.05) is 72.9 Å². The lowest BCUT2D eigenvalue weighted by atomic mass is 9.90. The summed E-state index contributed by atoms with van der Waals surface area (Å²) in [6.45, 7) is 0. The Bertz CT molecular complexity index is 696. The summed E-state index contributed by atoms with van der Waals surface area (Å²) >= 11 is 5.22. The number of rotatable bonds is 3. The third-order valence-electron chi connectivity index (χ3n) is 3.23. The Morgan fingerprint density at radius 1 is 0.800 bits per heavy atom. The second-order valence-electron chi connectivity index (χ2n) is 4.57. The molecule has 3 rings (SSSR count). The lowest BCUT2D eigenvalue weighted by molar-refractivity contribution is 0.850. The number of benzene rings is 2. The van der Waals surface area contributed by atoms with Crippen LogP contribution < -0.4 is 0 Å². The van der Waals surface area contributed by atoms with Gasteiger partial charge in [-0.25, -0.2) is 4.98 Å². The van der Waals surface area contributed by atoms with Crippen LogP contribution in [0.3, 0.4) is 0 Å². The molecule has 0 aliphatic carbocycles. The largest absolute Gasteiger partial charge is 0.334 e. The molecule has 0 spiro atoms. The molecule has 0 fully saturated rings. The number of aromatic nitrogens is 2. The molecule has 0 radical (unpaired) electrons. The maximum atomic E-state index is 5.22. The first-order chi connectivity index (χ1) is 9.84. The number of aromatic amines is 1. The van der Waals surface area contributed by atoms with Gasteiger partial charge in [0.25, 0.3) is 0 Å². The molecule has 3 aromatic rings. The Morgan fingerprint density at radius 3 is 1.85 bits per heavy atom. The highest BCUT2D eigenvalue weighted by Crippen LogP contribution is 2.28. The molecule has 20 heavy (non-hydrogen) atoms. The highest BCUT2D eigenvalue weighted by molar-refractivity contribution is 7.71. The Morgan fingerprint density at radius 2 is 1.35 bits per heavy atom. The maximum Gasteiger partial charge on any atom is 0.119 e. The summed E-state index contributed by atoms with van der Waals surface area (Å²) in [5, 5.41) is 0. The van der Waals surface area contributed by atoms with Gasteiger partial charge in [0.05, 0.1) is 5.92 Å². The molecule has 0 atom stereocenters. The van der Waals surface area contributed by atoms with E-state index in [-0.39, 0.29) is 5.92 Å². The molecule has 2 nitrogen and oxygen atoms in total. The van der Waals surface area contributed by atoms with E-state index >= 15 is 0 Å². The van der Waals surface area contributed by atoms with Gasteiger partial charge >= 0.3 is 0 Å². The van der Waals surface area contributed by atoms with Crippen LogP contribution in [0.4, 0.5) is 0 Å². The van der Waals surface area contributed by atoms with Crippen LogP contribution in [0.5, 0.6) is 0 Å². The molecule has 0 saturated heterocycles. The van der Waals surface area contributed by atoms with E-state index in [0.717, 1.165) is 5.82 Å². The van der Waals surface area contributed by atoms with Crippen molar-refractivity contribution in [3.63, 3.8) is 0 Å². The molecule has 2 aromatic carbocycles. The van der Waals surface area contributed by atoms with Crippen LogP contribution in [-0.4, -0.2) is 9.97 Å². The molecule has 0 aliphatic heterocycles. The minimum absolute atomic E-state index is 0.0697. The predicted octanol–water partition coefficient (Wildman–Crippen LogP) is 4.32. The summed E-state index contributed by atoms with van der Waals surface area (Å²) < 4.78 is 0.701. The Hall–Kier alpha value is -2.26. The van der Waals surface area contributed by atoms with E-state index in [2.05, 4.69) is 34.2 Å². The molecular weight excluding hydrogens is 264 g/mol. The Kier molecular flexibility index (Phi) is 3.70. The molecule has 0 amide bonds. The third-order valence-corrected chi connectivity index (χ3v) is 3.47. The van der Waals surface area contributed by atoms with Crippen LogP contribution in [0.15, 0.2) is 72.9 Å². The average Bonchev–Trinajstić information content (AvgIpc) is 2.50. The van der Waals surface area contributed by atoms with Crippen molar-refractivity contribution in [2.45, 2.75) is 5.92 Å². The number of hydrogen-bond acceptors (Lipinski definition) is 2. The first kappa shape index (κ1) is 12.8. The van der Waals surface area contributed by atoms with Crippen LogP contribution in [0.1, 0.15) is 22.9 Å². The second kappa shape index (κ2) is 5.80. The van der Waals surface area contributed by atoms with E-state index < -0.39 is 0 Å². The van der Waals surface area contributed by atoms with E-state index in [4.69, 9.17) is 12.2 Å². The highest BCUT2D eigenvalue weighted by atomic mass is 32.1. The molecule has 1 aromatic heterocycles. The molecule has 0 bridgehead atoms. The number of hydrogen-bond donors (Lipinski definition) is 1. The third kappa shape index (κ3) is 2.68. The zero-order valence-electron chi connectivity index (χ0n) is 10.9. The van der Waals surface area contributed by atoms with E-state index in [1.165, 1.54) is 11.1 Å². The smallest absolute Gasteiger partial charge is 0.119 e. The molecule has 1 heterocycles. The summed E-state index contributed by atoms with van der Waals surface area (Å²) in [5.41, 5.74) is 2.39. The van der Waals surface area contributed by atoms with Crippen LogP contribution in [0, 0.1) is 4.64 Å². The van der Waals surface area contributed by atoms with Gasteiger partial charge in [0.2, 0.25) is 0 Å². The molecule has 0 saturated carbocycles. The lowest BCUT2D eigenvalue weighted by Crippen LogP contribution is -2.07. The number of nitrogens with zero attached hydrogens (tertiary/aromatic N) is 1. The summed E-state index contributed by atoms with van der Waals surface area (Å²) in [7, 11) is 0. The fraction of sp³-hybridized carbons (Fsp3) is 0.0588. The van der Waals surface area contributed by atoms with Crippen molar-refractivity contribution in [2.75, 3.05) is 0 Å². The van der Waals surface area contributed by atoms with Gasteiger partial charge in [-0.05, 0) is 17.2 Å². The van der Waals surface area contributed by atoms with Crippen molar-refractivity contribution in [1.29, 1.82) is 0 Å². The Labute approximate surface area is 123 Å². The van der Waals surface area contributed by atoms with Crippen molar-refractivity contribution in [1.82, 2.24) is 9.97 Å². The first-order valence-electron chi connectivity index (χ1n) is 6.50. The van der Waals surface area contributed by atoms with Crippen LogP contribution >= 0.6 is 12.2 Å². The average molecular weight is 278 g/mol.